The molecule has 1 aliphatic heterocycles. The van der Waals surface area contributed by atoms with Gasteiger partial charge in [0.15, 0.2) is 0 Å². The summed E-state index contributed by atoms with van der Waals surface area (Å²) in [7, 11) is 1.61. The number of aromatic nitrogens is 1. The molecule has 1 aliphatic rings. The molecule has 0 unspecified atom stereocenters. The number of fused-ring (bicyclic) bond motifs is 1. The number of methoxy groups -OCH3 is 1. The fraction of sp³-hybridized carbons (Fsp3) is 0.379. The standard InChI is InChI=1S/C29H30F3N3O3/c1-38-21-6-7-27-24(16-21)22(19(17-33)18-34-27)4-2-8-29(28(36)37)9-12-35(13-10-29)11-3-5-23-25(31)14-20(30)15-26(23)32/h6-7,14-16,18H,2,4,8-13,17,33H2,1H3,(H,36,37). The second-order valence-corrected chi connectivity index (χ2v) is 9.61. The highest BCUT2D eigenvalue weighted by molar-refractivity contribution is 5.84. The van der Waals surface area contributed by atoms with Gasteiger partial charge in [0.25, 0.3) is 0 Å². The van der Waals surface area contributed by atoms with E-state index in [0.717, 1.165) is 27.8 Å². The Bertz CT molecular complexity index is 1360. The third-order valence-corrected chi connectivity index (χ3v) is 7.37. The van der Waals surface area contributed by atoms with E-state index >= 15 is 0 Å². The predicted molar refractivity (Wildman–Crippen MR) is 138 cm³/mol. The number of piperidine rings is 1. The van der Waals surface area contributed by atoms with E-state index in [1.54, 1.807) is 13.3 Å². The Balaban J connectivity index is 1.40. The zero-order chi connectivity index (χ0) is 27.3. The van der Waals surface area contributed by atoms with Crippen LogP contribution >= 0.6 is 0 Å². The highest BCUT2D eigenvalue weighted by Crippen LogP contribution is 2.37. The number of pyridine rings is 1. The first-order valence-corrected chi connectivity index (χ1v) is 12.5. The van der Waals surface area contributed by atoms with E-state index < -0.39 is 34.4 Å². The molecule has 0 bridgehead atoms. The summed E-state index contributed by atoms with van der Waals surface area (Å²) in [5.74, 6) is 1.98. The third-order valence-electron chi connectivity index (χ3n) is 7.37. The lowest BCUT2D eigenvalue weighted by atomic mass is 9.74. The first-order valence-electron chi connectivity index (χ1n) is 12.5. The number of nitrogens with zero attached hydrogens (tertiary/aromatic N) is 2. The molecule has 0 saturated carbocycles. The molecule has 3 N–H and O–H groups in total. The molecule has 200 valence electrons. The van der Waals surface area contributed by atoms with E-state index in [4.69, 9.17) is 10.5 Å². The lowest BCUT2D eigenvalue weighted by Gasteiger charge is -2.38. The largest absolute Gasteiger partial charge is 0.497 e. The maximum Gasteiger partial charge on any atom is 0.309 e. The number of hydrogen-bond acceptors (Lipinski definition) is 5. The van der Waals surface area contributed by atoms with Crippen molar-refractivity contribution in [3.05, 3.63) is 70.7 Å². The number of aryl methyl sites for hydroxylation is 1. The molecule has 0 spiro atoms. The van der Waals surface area contributed by atoms with Gasteiger partial charge in [-0.15, -0.1) is 0 Å². The highest BCUT2D eigenvalue weighted by Gasteiger charge is 2.40. The summed E-state index contributed by atoms with van der Waals surface area (Å²) in [5, 5.41) is 11.1. The van der Waals surface area contributed by atoms with Crippen molar-refractivity contribution in [2.24, 2.45) is 11.1 Å². The Labute approximate surface area is 219 Å². The van der Waals surface area contributed by atoms with E-state index in [-0.39, 0.29) is 6.54 Å². The van der Waals surface area contributed by atoms with Crippen LogP contribution in [-0.2, 0) is 17.8 Å². The number of ether oxygens (including phenoxy) is 1. The van der Waals surface area contributed by atoms with E-state index in [1.807, 2.05) is 23.1 Å². The van der Waals surface area contributed by atoms with Gasteiger partial charge >= 0.3 is 5.97 Å². The minimum Gasteiger partial charge on any atom is -0.497 e. The van der Waals surface area contributed by atoms with Crippen LogP contribution in [0.4, 0.5) is 13.2 Å². The number of nitrogens with two attached hydrogens (primary N) is 1. The molecule has 4 rings (SSSR count). The molecular formula is C29H30F3N3O3. The Morgan fingerprint density at radius 2 is 1.89 bits per heavy atom. The van der Waals surface area contributed by atoms with Crippen LogP contribution in [0.5, 0.6) is 5.75 Å². The zero-order valence-corrected chi connectivity index (χ0v) is 21.2. The maximum atomic E-state index is 13.8. The van der Waals surface area contributed by atoms with Gasteiger partial charge in [0.2, 0.25) is 0 Å². The van der Waals surface area contributed by atoms with Crippen molar-refractivity contribution in [2.45, 2.75) is 38.6 Å². The van der Waals surface area contributed by atoms with Crippen LogP contribution in [0.3, 0.4) is 0 Å². The minimum absolute atomic E-state index is 0.233. The van der Waals surface area contributed by atoms with Gasteiger partial charge in [-0.25, -0.2) is 13.2 Å². The number of rotatable bonds is 8. The Morgan fingerprint density at radius 1 is 1.18 bits per heavy atom. The first-order chi connectivity index (χ1) is 18.3. The zero-order valence-electron chi connectivity index (χ0n) is 21.2. The third kappa shape index (κ3) is 5.93. The Kier molecular flexibility index (Phi) is 8.55. The van der Waals surface area contributed by atoms with E-state index in [9.17, 15) is 23.1 Å². The van der Waals surface area contributed by atoms with Gasteiger partial charge < -0.3 is 15.6 Å². The molecule has 0 atom stereocenters. The van der Waals surface area contributed by atoms with Gasteiger partial charge in [0.05, 0.1) is 30.1 Å². The van der Waals surface area contributed by atoms with Crippen molar-refractivity contribution in [1.29, 1.82) is 0 Å². The summed E-state index contributed by atoms with van der Waals surface area (Å²) in [6, 6.07) is 6.88. The van der Waals surface area contributed by atoms with Crippen molar-refractivity contribution in [3.63, 3.8) is 0 Å². The maximum absolute atomic E-state index is 13.8. The van der Waals surface area contributed by atoms with Crippen molar-refractivity contribution in [3.8, 4) is 17.6 Å². The summed E-state index contributed by atoms with van der Waals surface area (Å²) in [5.41, 5.74) is 7.47. The van der Waals surface area contributed by atoms with Gasteiger partial charge in [0.1, 0.15) is 23.2 Å². The number of benzene rings is 2. The number of hydrogen-bond donors (Lipinski definition) is 2. The molecule has 3 aromatic rings. The van der Waals surface area contributed by atoms with Crippen molar-refractivity contribution in [2.75, 3.05) is 26.7 Å². The highest BCUT2D eigenvalue weighted by atomic mass is 19.1. The molecule has 2 heterocycles. The number of carboxylic acids is 1. The van der Waals surface area contributed by atoms with Gasteiger partial charge in [-0.2, -0.15) is 0 Å². The molecule has 6 nitrogen and oxygen atoms in total. The van der Waals surface area contributed by atoms with Gasteiger partial charge in [0, 0.05) is 43.4 Å². The van der Waals surface area contributed by atoms with Crippen LogP contribution in [0.1, 0.15) is 42.4 Å². The fourth-order valence-corrected chi connectivity index (χ4v) is 5.08. The topological polar surface area (TPSA) is 88.7 Å². The monoisotopic (exact) mass is 525 g/mol. The quantitative estimate of drug-likeness (QED) is 0.416. The average molecular weight is 526 g/mol. The minimum atomic E-state index is -1.04. The number of aliphatic carboxylic acids is 1. The van der Waals surface area contributed by atoms with E-state index in [1.165, 1.54) is 0 Å². The summed E-state index contributed by atoms with van der Waals surface area (Å²) >= 11 is 0. The van der Waals surface area contributed by atoms with Crippen LogP contribution in [0.2, 0.25) is 0 Å². The second-order valence-electron chi connectivity index (χ2n) is 9.61. The second kappa shape index (κ2) is 11.8. The lowest BCUT2D eigenvalue weighted by Crippen LogP contribution is -2.44. The van der Waals surface area contributed by atoms with Crippen molar-refractivity contribution in [1.82, 2.24) is 9.88 Å². The molecular weight excluding hydrogens is 495 g/mol. The number of halogens is 3. The van der Waals surface area contributed by atoms with Crippen LogP contribution in [0, 0.1) is 34.7 Å². The van der Waals surface area contributed by atoms with Crippen LogP contribution in [-0.4, -0.2) is 47.7 Å². The Hall–Kier alpha value is -3.61. The molecule has 2 aromatic carbocycles. The normalized spacial score (nSPS) is 15.2. The molecule has 0 radical (unpaired) electrons. The summed E-state index contributed by atoms with van der Waals surface area (Å²) in [6.45, 7) is 1.57. The summed E-state index contributed by atoms with van der Waals surface area (Å²) in [4.78, 5) is 18.8. The van der Waals surface area contributed by atoms with Crippen LogP contribution in [0.15, 0.2) is 36.5 Å². The van der Waals surface area contributed by atoms with Crippen LogP contribution < -0.4 is 10.5 Å². The van der Waals surface area contributed by atoms with Gasteiger partial charge in [-0.1, -0.05) is 11.8 Å². The lowest BCUT2D eigenvalue weighted by molar-refractivity contribution is -0.152. The average Bonchev–Trinajstić information content (AvgIpc) is 2.90. The molecule has 38 heavy (non-hydrogen) atoms. The van der Waals surface area contributed by atoms with Gasteiger partial charge in [-0.3, -0.25) is 14.7 Å². The number of likely N-dealkylation sites (tertiary alicyclic amines) is 1. The molecule has 1 aromatic heterocycles. The Morgan fingerprint density at radius 3 is 2.53 bits per heavy atom. The summed E-state index contributed by atoms with van der Waals surface area (Å²) < 4.78 is 46.1. The molecule has 0 aliphatic carbocycles. The molecule has 1 fully saturated rings. The molecule has 1 saturated heterocycles. The fourth-order valence-electron chi connectivity index (χ4n) is 5.08. The van der Waals surface area contributed by atoms with Crippen LogP contribution in [0.25, 0.3) is 10.9 Å². The van der Waals surface area contributed by atoms with E-state index in [0.29, 0.717) is 63.9 Å². The SMILES string of the molecule is COc1ccc2ncc(CN)c(CCCC3(C(=O)O)CCN(CC#Cc4c(F)cc(F)cc4F)CC3)c2c1. The van der Waals surface area contributed by atoms with Crippen molar-refractivity contribution >= 4 is 16.9 Å². The van der Waals surface area contributed by atoms with E-state index in [2.05, 4.69) is 16.8 Å². The number of carboxylic acid groups (broad SMARTS) is 1. The summed E-state index contributed by atoms with van der Waals surface area (Å²) in [6.07, 6.45) is 4.50. The van der Waals surface area contributed by atoms with Gasteiger partial charge in [-0.05, 0) is 61.4 Å². The number of carbonyl (C=O) groups is 1. The smallest absolute Gasteiger partial charge is 0.309 e. The molecule has 0 amide bonds. The van der Waals surface area contributed by atoms with Crippen molar-refractivity contribution < 1.29 is 27.8 Å². The predicted octanol–water partition coefficient (Wildman–Crippen LogP) is 4.66. The molecule has 9 heteroatoms. The first kappa shape index (κ1) is 27.4.